The molecule has 1 atom stereocenters. The molecule has 0 fully saturated rings. The van der Waals surface area contributed by atoms with E-state index in [1.54, 1.807) is 13.0 Å². The number of nitrogens with zero attached hydrogens (tertiary/aromatic N) is 2. The molecule has 3 heterocycles. The molecule has 0 spiro atoms. The first kappa shape index (κ1) is 14.2. The minimum absolute atomic E-state index is 0.0135. The van der Waals surface area contributed by atoms with Crippen LogP contribution in [0.2, 0.25) is 0 Å². The number of rotatable bonds is 2. The molecule has 2 aromatic heterocycles. The molecular formula is C13H12N2O4S2. The summed E-state index contributed by atoms with van der Waals surface area (Å²) in [4.78, 5) is 7.70. The van der Waals surface area contributed by atoms with E-state index >= 15 is 0 Å². The molecule has 21 heavy (non-hydrogen) atoms. The van der Waals surface area contributed by atoms with Gasteiger partial charge in [-0.05, 0) is 24.6 Å². The second kappa shape index (κ2) is 4.60. The number of sulfone groups is 2. The van der Waals surface area contributed by atoms with Crippen LogP contribution in [0.5, 0.6) is 0 Å². The summed E-state index contributed by atoms with van der Waals surface area (Å²) in [5.41, 5.74) is 0.969. The van der Waals surface area contributed by atoms with Crippen LogP contribution in [0.1, 0.15) is 16.4 Å². The first-order valence-corrected chi connectivity index (χ1v) is 9.35. The number of fused-ring (bicyclic) bond motifs is 1. The van der Waals surface area contributed by atoms with Crippen LogP contribution in [-0.2, 0) is 19.7 Å². The van der Waals surface area contributed by atoms with Crippen molar-refractivity contribution in [2.45, 2.75) is 22.1 Å². The number of aryl methyl sites for hydroxylation is 1. The highest BCUT2D eigenvalue weighted by Gasteiger charge is 2.44. The van der Waals surface area contributed by atoms with Gasteiger partial charge in [0.2, 0.25) is 0 Å². The fraction of sp³-hybridized carbons (Fsp3) is 0.231. The summed E-state index contributed by atoms with van der Waals surface area (Å²) in [6, 6.07) is 4.49. The van der Waals surface area contributed by atoms with Gasteiger partial charge in [-0.2, -0.15) is 0 Å². The van der Waals surface area contributed by atoms with E-state index in [0.717, 1.165) is 5.56 Å². The van der Waals surface area contributed by atoms with Crippen molar-refractivity contribution in [3.63, 3.8) is 0 Å². The Kier molecular flexibility index (Phi) is 3.10. The predicted molar refractivity (Wildman–Crippen MR) is 75.2 cm³/mol. The summed E-state index contributed by atoms with van der Waals surface area (Å²) < 4.78 is 49.5. The molecule has 6 nitrogen and oxygen atoms in total. The maximum absolute atomic E-state index is 12.7. The second-order valence-corrected chi connectivity index (χ2v) is 8.99. The van der Waals surface area contributed by atoms with Crippen LogP contribution in [0.25, 0.3) is 0 Å². The number of hydrogen-bond acceptors (Lipinski definition) is 6. The fourth-order valence-electron chi connectivity index (χ4n) is 2.37. The van der Waals surface area contributed by atoms with Gasteiger partial charge >= 0.3 is 0 Å². The van der Waals surface area contributed by atoms with Crippen molar-refractivity contribution in [3.8, 4) is 0 Å². The molecule has 0 aromatic carbocycles. The van der Waals surface area contributed by atoms with Crippen LogP contribution in [-0.4, -0.2) is 32.6 Å². The van der Waals surface area contributed by atoms with Crippen molar-refractivity contribution >= 4 is 19.7 Å². The summed E-state index contributed by atoms with van der Waals surface area (Å²) in [6.45, 7) is 1.74. The van der Waals surface area contributed by atoms with Gasteiger partial charge in [0.1, 0.15) is 5.25 Å². The van der Waals surface area contributed by atoms with Crippen LogP contribution in [0.4, 0.5) is 0 Å². The van der Waals surface area contributed by atoms with E-state index in [-0.39, 0.29) is 15.5 Å². The summed E-state index contributed by atoms with van der Waals surface area (Å²) in [5.74, 6) is -0.476. The van der Waals surface area contributed by atoms with E-state index in [2.05, 4.69) is 9.97 Å². The molecule has 8 heteroatoms. The lowest BCUT2D eigenvalue weighted by molar-refractivity contribution is 0.582. The van der Waals surface area contributed by atoms with Crippen LogP contribution in [0.3, 0.4) is 0 Å². The Morgan fingerprint density at radius 3 is 2.71 bits per heavy atom. The third-order valence-corrected chi connectivity index (χ3v) is 7.35. The van der Waals surface area contributed by atoms with Gasteiger partial charge in [-0.15, -0.1) is 0 Å². The Balaban J connectivity index is 2.21. The summed E-state index contributed by atoms with van der Waals surface area (Å²) in [7, 11) is -7.49. The Bertz CT molecular complexity index is 906. The van der Waals surface area contributed by atoms with Crippen molar-refractivity contribution < 1.29 is 16.8 Å². The molecule has 1 aliphatic heterocycles. The lowest BCUT2D eigenvalue weighted by atomic mass is 10.2. The maximum atomic E-state index is 12.7. The molecule has 0 radical (unpaired) electrons. The van der Waals surface area contributed by atoms with Crippen molar-refractivity contribution in [2.75, 3.05) is 5.75 Å². The van der Waals surface area contributed by atoms with E-state index in [1.807, 2.05) is 0 Å². The van der Waals surface area contributed by atoms with Crippen molar-refractivity contribution in [1.82, 2.24) is 9.97 Å². The van der Waals surface area contributed by atoms with Crippen LogP contribution >= 0.6 is 0 Å². The summed E-state index contributed by atoms with van der Waals surface area (Å²) >= 11 is 0. The van der Waals surface area contributed by atoms with Crippen molar-refractivity contribution in [1.29, 1.82) is 0 Å². The third kappa shape index (κ3) is 2.24. The largest absolute Gasteiger partial charge is 0.263 e. The van der Waals surface area contributed by atoms with Crippen LogP contribution in [0, 0.1) is 6.92 Å². The third-order valence-electron chi connectivity index (χ3n) is 3.37. The zero-order chi connectivity index (χ0) is 15.3. The SMILES string of the molecule is Cc1cnc2c(c1)C(S(=O)(=O)c1cccnc1)CS2(=O)=O. The van der Waals surface area contributed by atoms with E-state index in [4.69, 9.17) is 0 Å². The average Bonchev–Trinajstić information content (AvgIpc) is 2.71. The quantitative estimate of drug-likeness (QED) is 0.820. The molecule has 1 unspecified atom stereocenters. The smallest absolute Gasteiger partial charge is 0.197 e. The zero-order valence-electron chi connectivity index (χ0n) is 11.1. The van der Waals surface area contributed by atoms with Crippen LogP contribution < -0.4 is 0 Å². The Morgan fingerprint density at radius 2 is 2.05 bits per heavy atom. The highest BCUT2D eigenvalue weighted by molar-refractivity contribution is 7.96. The molecule has 0 saturated heterocycles. The molecule has 0 saturated carbocycles. The first-order valence-electron chi connectivity index (χ1n) is 6.15. The van der Waals surface area contributed by atoms with Gasteiger partial charge in [0.15, 0.2) is 24.7 Å². The predicted octanol–water partition coefficient (Wildman–Crippen LogP) is 1.09. The zero-order valence-corrected chi connectivity index (χ0v) is 12.7. The molecule has 110 valence electrons. The minimum Gasteiger partial charge on any atom is -0.263 e. The molecule has 3 rings (SSSR count). The monoisotopic (exact) mass is 324 g/mol. The summed E-state index contributed by atoms with van der Waals surface area (Å²) in [6.07, 6.45) is 4.11. The van der Waals surface area contributed by atoms with Gasteiger partial charge in [0, 0.05) is 24.2 Å². The second-order valence-electron chi connectivity index (χ2n) is 4.91. The molecule has 2 aromatic rings. The van der Waals surface area contributed by atoms with E-state index in [1.165, 1.54) is 30.7 Å². The van der Waals surface area contributed by atoms with Gasteiger partial charge in [0.05, 0.1) is 10.6 Å². The molecule has 0 N–H and O–H groups in total. The number of aromatic nitrogens is 2. The maximum Gasteiger partial charge on any atom is 0.197 e. The molecular weight excluding hydrogens is 312 g/mol. The van der Waals surface area contributed by atoms with E-state index in [9.17, 15) is 16.8 Å². The Hall–Kier alpha value is -1.80. The number of hydrogen-bond donors (Lipinski definition) is 0. The van der Waals surface area contributed by atoms with Crippen molar-refractivity contribution in [3.05, 3.63) is 47.9 Å². The first-order chi connectivity index (χ1) is 9.82. The van der Waals surface area contributed by atoms with E-state index in [0.29, 0.717) is 0 Å². The van der Waals surface area contributed by atoms with Gasteiger partial charge in [0.25, 0.3) is 0 Å². The molecule has 0 bridgehead atoms. The standard InChI is InChI=1S/C13H12N2O4S2/c1-9-5-11-12(8-20(16,17)13(11)15-6-9)21(18,19)10-3-2-4-14-7-10/h2-7,12H,8H2,1H3. The highest BCUT2D eigenvalue weighted by Crippen LogP contribution is 2.40. The van der Waals surface area contributed by atoms with Crippen molar-refractivity contribution in [2.24, 2.45) is 0 Å². The average molecular weight is 324 g/mol. The van der Waals surface area contributed by atoms with E-state index < -0.39 is 30.7 Å². The lowest BCUT2D eigenvalue weighted by Gasteiger charge is -2.11. The highest BCUT2D eigenvalue weighted by atomic mass is 32.2. The van der Waals surface area contributed by atoms with Crippen LogP contribution in [0.15, 0.2) is 46.7 Å². The fourth-order valence-corrected chi connectivity index (χ4v) is 6.53. The van der Waals surface area contributed by atoms with Gasteiger partial charge in [-0.3, -0.25) is 4.98 Å². The Labute approximate surface area is 122 Å². The number of pyridine rings is 2. The normalized spacial score (nSPS) is 20.1. The van der Waals surface area contributed by atoms with Gasteiger partial charge in [-0.1, -0.05) is 6.07 Å². The topological polar surface area (TPSA) is 94.1 Å². The molecule has 0 amide bonds. The lowest BCUT2D eigenvalue weighted by Crippen LogP contribution is -2.16. The van der Waals surface area contributed by atoms with Gasteiger partial charge in [-0.25, -0.2) is 21.8 Å². The van der Waals surface area contributed by atoms with Gasteiger partial charge < -0.3 is 0 Å². The molecule has 0 aliphatic carbocycles. The minimum atomic E-state index is -3.82. The molecule has 1 aliphatic rings. The Morgan fingerprint density at radius 1 is 1.29 bits per heavy atom. The summed E-state index contributed by atoms with van der Waals surface area (Å²) in [5, 5.41) is -1.26.